The third-order valence-corrected chi connectivity index (χ3v) is 6.67. The van der Waals surface area contributed by atoms with Gasteiger partial charge >= 0.3 is 0 Å². The molecule has 1 aromatic carbocycles. The smallest absolute Gasteiger partial charge is 0.251 e. The molecule has 2 N–H and O–H groups in total. The zero-order valence-corrected chi connectivity index (χ0v) is 18.3. The Morgan fingerprint density at radius 2 is 1.84 bits per heavy atom. The Kier molecular flexibility index (Phi) is 6.85. The molecule has 0 spiro atoms. The van der Waals surface area contributed by atoms with Crippen LogP contribution in [-0.2, 0) is 17.8 Å². The summed E-state index contributed by atoms with van der Waals surface area (Å²) in [6.45, 7) is 2.37. The second-order valence-corrected chi connectivity index (χ2v) is 8.87. The van der Waals surface area contributed by atoms with E-state index in [4.69, 9.17) is 0 Å². The molecule has 1 aliphatic heterocycles. The van der Waals surface area contributed by atoms with Gasteiger partial charge in [-0.25, -0.2) is 0 Å². The second kappa shape index (κ2) is 9.94. The van der Waals surface area contributed by atoms with E-state index < -0.39 is 0 Å². The third kappa shape index (κ3) is 5.43. The summed E-state index contributed by atoms with van der Waals surface area (Å²) in [7, 11) is 2.14. The molecule has 4 rings (SSSR count). The van der Waals surface area contributed by atoms with Crippen molar-refractivity contribution in [3.63, 3.8) is 0 Å². The monoisotopic (exact) mass is 420 g/mol. The maximum absolute atomic E-state index is 12.7. The second-order valence-electron chi connectivity index (χ2n) is 8.87. The molecule has 6 heteroatoms. The highest BCUT2D eigenvalue weighted by Gasteiger charge is 2.26. The molecule has 0 bridgehead atoms. The van der Waals surface area contributed by atoms with Crippen molar-refractivity contribution in [2.45, 2.75) is 45.1 Å². The summed E-state index contributed by atoms with van der Waals surface area (Å²) in [5.74, 6) is 0.621. The highest BCUT2D eigenvalue weighted by atomic mass is 16.2. The lowest BCUT2D eigenvalue weighted by molar-refractivity contribution is -0.126. The minimum atomic E-state index is -0.0569. The van der Waals surface area contributed by atoms with Gasteiger partial charge < -0.3 is 15.5 Å². The van der Waals surface area contributed by atoms with Crippen molar-refractivity contribution in [1.82, 2.24) is 15.6 Å². The van der Waals surface area contributed by atoms with Crippen LogP contribution in [0.25, 0.3) is 0 Å². The number of carbonyl (C=O) groups excluding carboxylic acids is 2. The molecule has 2 aliphatic rings. The van der Waals surface area contributed by atoms with Gasteiger partial charge in [-0.1, -0.05) is 12.1 Å². The zero-order valence-electron chi connectivity index (χ0n) is 18.3. The quantitative estimate of drug-likeness (QED) is 0.752. The van der Waals surface area contributed by atoms with Crippen molar-refractivity contribution < 1.29 is 9.59 Å². The van der Waals surface area contributed by atoms with Crippen molar-refractivity contribution >= 4 is 17.5 Å². The van der Waals surface area contributed by atoms with Gasteiger partial charge in [0.05, 0.1) is 0 Å². The number of hydrogen-bond donors (Lipinski definition) is 2. The molecule has 1 aromatic heterocycles. The third-order valence-electron chi connectivity index (χ3n) is 6.67. The van der Waals surface area contributed by atoms with Crippen molar-refractivity contribution in [2.24, 2.45) is 11.8 Å². The van der Waals surface area contributed by atoms with Crippen LogP contribution in [0.2, 0.25) is 0 Å². The normalized spacial score (nSPS) is 20.6. The van der Waals surface area contributed by atoms with E-state index in [9.17, 15) is 9.59 Å². The molecular formula is C25H32N4O2. The number of hydrogen-bond acceptors (Lipinski definition) is 4. The number of carbonyl (C=O) groups is 2. The summed E-state index contributed by atoms with van der Waals surface area (Å²) in [5, 5.41) is 6.16. The first-order valence-corrected chi connectivity index (χ1v) is 11.4. The van der Waals surface area contributed by atoms with Gasteiger partial charge in [-0.2, -0.15) is 0 Å². The molecule has 2 heterocycles. The van der Waals surface area contributed by atoms with Crippen molar-refractivity contribution in [3.05, 3.63) is 59.4 Å². The van der Waals surface area contributed by atoms with Crippen LogP contribution in [0.1, 0.15) is 53.6 Å². The van der Waals surface area contributed by atoms with Gasteiger partial charge in [0.1, 0.15) is 0 Å². The molecule has 1 saturated carbocycles. The van der Waals surface area contributed by atoms with Gasteiger partial charge in [0.25, 0.3) is 5.91 Å². The Labute approximate surface area is 184 Å². The van der Waals surface area contributed by atoms with Crippen LogP contribution in [0.4, 0.5) is 5.69 Å². The van der Waals surface area contributed by atoms with Crippen LogP contribution in [0.5, 0.6) is 0 Å². The lowest BCUT2D eigenvalue weighted by Gasteiger charge is -2.28. The van der Waals surface area contributed by atoms with Crippen LogP contribution in [0.15, 0.2) is 42.7 Å². The summed E-state index contributed by atoms with van der Waals surface area (Å²) in [4.78, 5) is 31.1. The lowest BCUT2D eigenvalue weighted by Crippen LogP contribution is -2.36. The van der Waals surface area contributed by atoms with E-state index in [1.807, 2.05) is 0 Å². The maximum atomic E-state index is 12.7. The summed E-state index contributed by atoms with van der Waals surface area (Å²) in [6.07, 6.45) is 9.27. The van der Waals surface area contributed by atoms with E-state index in [0.29, 0.717) is 24.6 Å². The molecule has 1 aliphatic carbocycles. The van der Waals surface area contributed by atoms with E-state index in [1.165, 1.54) is 23.2 Å². The largest absolute Gasteiger partial charge is 0.374 e. The van der Waals surface area contributed by atoms with Gasteiger partial charge in [-0.3, -0.25) is 14.6 Å². The molecule has 0 radical (unpaired) electrons. The highest BCUT2D eigenvalue weighted by Crippen LogP contribution is 2.29. The number of nitrogens with one attached hydrogen (secondary N) is 2. The van der Waals surface area contributed by atoms with Crippen LogP contribution < -0.4 is 15.5 Å². The topological polar surface area (TPSA) is 74.3 Å². The first kappa shape index (κ1) is 21.3. The van der Waals surface area contributed by atoms with Gasteiger partial charge in [0.15, 0.2) is 0 Å². The Morgan fingerprint density at radius 1 is 1.06 bits per heavy atom. The summed E-state index contributed by atoms with van der Waals surface area (Å²) < 4.78 is 0. The molecular weight excluding hydrogens is 388 g/mol. The van der Waals surface area contributed by atoms with E-state index in [1.54, 1.807) is 24.5 Å². The fourth-order valence-electron chi connectivity index (χ4n) is 4.75. The van der Waals surface area contributed by atoms with Crippen LogP contribution in [0, 0.1) is 11.8 Å². The molecule has 31 heavy (non-hydrogen) atoms. The van der Waals surface area contributed by atoms with Crippen molar-refractivity contribution in [3.8, 4) is 0 Å². The van der Waals surface area contributed by atoms with Gasteiger partial charge in [0.2, 0.25) is 5.91 Å². The Morgan fingerprint density at radius 3 is 2.61 bits per heavy atom. The number of amides is 2. The van der Waals surface area contributed by atoms with Gasteiger partial charge in [0, 0.05) is 56.2 Å². The van der Waals surface area contributed by atoms with E-state index in [-0.39, 0.29) is 17.7 Å². The summed E-state index contributed by atoms with van der Waals surface area (Å²) >= 11 is 0. The minimum Gasteiger partial charge on any atom is -0.374 e. The molecule has 164 valence electrons. The molecule has 1 fully saturated rings. The van der Waals surface area contributed by atoms with Crippen molar-refractivity contribution in [2.75, 3.05) is 25.0 Å². The summed E-state index contributed by atoms with van der Waals surface area (Å²) in [5.41, 5.74) is 4.51. The first-order chi connectivity index (χ1) is 15.1. The van der Waals surface area contributed by atoms with Crippen LogP contribution >= 0.6 is 0 Å². The fourth-order valence-corrected chi connectivity index (χ4v) is 4.75. The Hall–Kier alpha value is -2.89. The number of benzene rings is 1. The van der Waals surface area contributed by atoms with Crippen LogP contribution in [-0.4, -0.2) is 36.9 Å². The van der Waals surface area contributed by atoms with Crippen molar-refractivity contribution in [1.29, 1.82) is 0 Å². The predicted molar refractivity (Wildman–Crippen MR) is 122 cm³/mol. The molecule has 0 atom stereocenters. The number of nitrogens with zero attached hydrogens (tertiary/aromatic N) is 2. The highest BCUT2D eigenvalue weighted by molar-refractivity contribution is 5.93. The maximum Gasteiger partial charge on any atom is 0.251 e. The van der Waals surface area contributed by atoms with E-state index in [0.717, 1.165) is 38.6 Å². The molecule has 6 nitrogen and oxygen atoms in total. The molecule has 2 amide bonds. The molecule has 0 unspecified atom stereocenters. The SMILES string of the molecule is CN1CCCc2cc(CNC(=O)C3CCC(CNC(=O)c4ccncc4)CC3)ccc21. The average molecular weight is 421 g/mol. The van der Waals surface area contributed by atoms with Crippen LogP contribution in [0.3, 0.4) is 0 Å². The summed E-state index contributed by atoms with van der Waals surface area (Å²) in [6, 6.07) is 9.99. The Bertz CT molecular complexity index is 907. The molecule has 2 aromatic rings. The standard InChI is InChI=1S/C25H32N4O2/c1-29-14-2-3-22-15-19(6-9-23(22)29)17-28-24(30)20-7-4-18(5-8-20)16-27-25(31)21-10-12-26-13-11-21/h6,9-13,15,18,20H,2-5,7-8,14,16-17H2,1H3,(H,27,31)(H,28,30). The number of rotatable bonds is 6. The number of fused-ring (bicyclic) bond motifs is 1. The average Bonchev–Trinajstić information content (AvgIpc) is 2.82. The minimum absolute atomic E-state index is 0.0569. The fraction of sp³-hybridized carbons (Fsp3) is 0.480. The van der Waals surface area contributed by atoms with E-state index in [2.05, 4.69) is 45.8 Å². The molecule has 0 saturated heterocycles. The zero-order chi connectivity index (χ0) is 21.6. The number of pyridine rings is 1. The number of aromatic nitrogens is 1. The number of aryl methyl sites for hydroxylation is 1. The Balaban J connectivity index is 1.19. The van der Waals surface area contributed by atoms with E-state index >= 15 is 0 Å². The van der Waals surface area contributed by atoms with Gasteiger partial charge in [-0.05, 0) is 73.8 Å². The predicted octanol–water partition coefficient (Wildman–Crippen LogP) is 3.32. The first-order valence-electron chi connectivity index (χ1n) is 11.4. The number of anilines is 1. The van der Waals surface area contributed by atoms with Gasteiger partial charge in [-0.15, -0.1) is 0 Å². The lowest BCUT2D eigenvalue weighted by atomic mass is 9.81.